The molecule has 1 aliphatic carbocycles. The van der Waals surface area contributed by atoms with Gasteiger partial charge in [0, 0.05) is 17.2 Å². The minimum atomic E-state index is -0.311. The molecule has 3 nitrogen and oxygen atoms in total. The first-order valence-corrected chi connectivity index (χ1v) is 9.40. The highest BCUT2D eigenvalue weighted by Crippen LogP contribution is 2.37. The second-order valence-corrected chi connectivity index (χ2v) is 7.70. The normalized spacial score (nSPS) is 21.0. The van der Waals surface area contributed by atoms with Gasteiger partial charge in [0.2, 0.25) is 5.91 Å². The zero-order valence-electron chi connectivity index (χ0n) is 15.4. The van der Waals surface area contributed by atoms with Gasteiger partial charge in [0.05, 0.1) is 0 Å². The molecule has 134 valence electrons. The van der Waals surface area contributed by atoms with E-state index < -0.39 is 0 Å². The van der Waals surface area contributed by atoms with Crippen LogP contribution in [0.5, 0.6) is 5.75 Å². The average molecular weight is 347 g/mol. The molecule has 2 aromatic rings. The summed E-state index contributed by atoms with van der Waals surface area (Å²) in [6.07, 6.45) is 8.19. The van der Waals surface area contributed by atoms with E-state index in [9.17, 15) is 4.79 Å². The van der Waals surface area contributed by atoms with Gasteiger partial charge in [-0.15, -0.1) is 0 Å². The van der Waals surface area contributed by atoms with E-state index in [0.29, 0.717) is 0 Å². The minimum absolute atomic E-state index is 0.140. The van der Waals surface area contributed by atoms with Crippen molar-refractivity contribution in [1.29, 1.82) is 0 Å². The maximum Gasteiger partial charge on any atom is 0.227 e. The molecule has 4 rings (SSSR count). The maximum atomic E-state index is 12.1. The Balaban J connectivity index is 1.48. The number of benzene rings is 2. The van der Waals surface area contributed by atoms with Crippen LogP contribution in [0.4, 0.5) is 5.69 Å². The summed E-state index contributed by atoms with van der Waals surface area (Å²) in [5, 5.41) is 3.06. The van der Waals surface area contributed by atoms with E-state index in [2.05, 4.69) is 48.7 Å². The van der Waals surface area contributed by atoms with Gasteiger partial charge in [-0.05, 0) is 68.9 Å². The molecule has 1 unspecified atom stereocenters. The number of carbonyl (C=O) groups excluding carboxylic acids is 1. The summed E-state index contributed by atoms with van der Waals surface area (Å²) >= 11 is 0. The van der Waals surface area contributed by atoms with Gasteiger partial charge >= 0.3 is 0 Å². The van der Waals surface area contributed by atoms with Crippen molar-refractivity contribution in [3.8, 4) is 5.75 Å². The van der Waals surface area contributed by atoms with Crippen LogP contribution in [0.3, 0.4) is 0 Å². The number of anilines is 1. The molecule has 1 atom stereocenters. The third kappa shape index (κ3) is 3.67. The molecule has 1 saturated carbocycles. The molecule has 1 fully saturated rings. The summed E-state index contributed by atoms with van der Waals surface area (Å²) in [5.41, 5.74) is 3.97. The highest BCUT2D eigenvalue weighted by molar-refractivity contribution is 5.95. The molecule has 3 heteroatoms. The quantitative estimate of drug-likeness (QED) is 0.813. The Bertz CT molecular complexity index is 852. The van der Waals surface area contributed by atoms with Crippen molar-refractivity contribution in [1.82, 2.24) is 0 Å². The Labute approximate surface area is 155 Å². The summed E-state index contributed by atoms with van der Waals surface area (Å²) < 4.78 is 6.34. The molecule has 0 saturated heterocycles. The molecular weight excluding hydrogens is 322 g/mol. The number of hydrogen-bond acceptors (Lipinski definition) is 2. The first-order valence-electron chi connectivity index (χ1n) is 9.40. The molecule has 0 aromatic heterocycles. The average Bonchev–Trinajstić information content (AvgIpc) is 3.47. The number of nitrogens with one attached hydrogen (secondary N) is 1. The lowest BCUT2D eigenvalue weighted by molar-refractivity contribution is -0.117. The Morgan fingerprint density at radius 1 is 1.23 bits per heavy atom. The second-order valence-electron chi connectivity index (χ2n) is 7.70. The van der Waals surface area contributed by atoms with Gasteiger partial charge in [-0.2, -0.15) is 0 Å². The topological polar surface area (TPSA) is 38.3 Å². The van der Waals surface area contributed by atoms with Crippen LogP contribution >= 0.6 is 0 Å². The van der Waals surface area contributed by atoms with Crippen molar-refractivity contribution in [2.75, 3.05) is 5.32 Å². The standard InChI is InChI=1S/C23H25NO2/c1-16-14-21-19(15-20(16)24-22(25)18-8-9-18)11-13-23(2,26-21)12-10-17-6-4-3-5-7-17/h3-7,11,13-15,18H,8-10,12H2,1-2H3,(H,24,25). The predicted octanol–water partition coefficient (Wildman–Crippen LogP) is 5.14. The zero-order valence-corrected chi connectivity index (χ0v) is 15.4. The number of aryl methyl sites for hydroxylation is 2. The fourth-order valence-corrected chi connectivity index (χ4v) is 3.35. The highest BCUT2D eigenvalue weighted by atomic mass is 16.5. The molecule has 2 aromatic carbocycles. The van der Waals surface area contributed by atoms with E-state index in [1.165, 1.54) is 5.56 Å². The molecule has 1 N–H and O–H groups in total. The Hall–Kier alpha value is -2.55. The second kappa shape index (κ2) is 6.64. The fraction of sp³-hybridized carbons (Fsp3) is 0.348. The van der Waals surface area contributed by atoms with Gasteiger partial charge in [-0.25, -0.2) is 0 Å². The third-order valence-electron chi connectivity index (χ3n) is 5.27. The lowest BCUT2D eigenvalue weighted by atomic mass is 9.92. The summed E-state index contributed by atoms with van der Waals surface area (Å²) in [7, 11) is 0. The first kappa shape index (κ1) is 16.9. The third-order valence-corrected chi connectivity index (χ3v) is 5.27. The number of ether oxygens (including phenoxy) is 1. The predicted molar refractivity (Wildman–Crippen MR) is 105 cm³/mol. The number of carbonyl (C=O) groups is 1. The molecule has 0 spiro atoms. The van der Waals surface area contributed by atoms with Gasteiger partial charge in [0.1, 0.15) is 11.4 Å². The number of fused-ring (bicyclic) bond motifs is 1. The monoisotopic (exact) mass is 347 g/mol. The SMILES string of the molecule is Cc1cc2c(cc1NC(=O)C1CC1)C=CC(C)(CCc1ccccc1)O2. The van der Waals surface area contributed by atoms with Crippen molar-refractivity contribution >= 4 is 17.7 Å². The van der Waals surface area contributed by atoms with Crippen LogP contribution in [0, 0.1) is 12.8 Å². The van der Waals surface area contributed by atoms with Gasteiger partial charge in [0.15, 0.2) is 0 Å². The zero-order chi connectivity index (χ0) is 18.1. The lowest BCUT2D eigenvalue weighted by Gasteiger charge is -2.32. The number of amides is 1. The summed E-state index contributed by atoms with van der Waals surface area (Å²) in [5.74, 6) is 1.24. The smallest absolute Gasteiger partial charge is 0.227 e. The van der Waals surface area contributed by atoms with Gasteiger partial charge < -0.3 is 10.1 Å². The van der Waals surface area contributed by atoms with Crippen LogP contribution in [-0.2, 0) is 11.2 Å². The molecule has 1 amide bonds. The van der Waals surface area contributed by atoms with Gasteiger partial charge in [0.25, 0.3) is 0 Å². The Kier molecular flexibility index (Phi) is 4.31. The molecular formula is C23H25NO2. The number of rotatable bonds is 5. The molecule has 1 heterocycles. The van der Waals surface area contributed by atoms with Crippen LogP contribution in [0.25, 0.3) is 6.08 Å². The molecule has 1 aliphatic heterocycles. The summed E-state index contributed by atoms with van der Waals surface area (Å²) in [6.45, 7) is 4.15. The van der Waals surface area contributed by atoms with Crippen molar-refractivity contribution in [3.63, 3.8) is 0 Å². The van der Waals surface area contributed by atoms with Crippen LogP contribution in [0.15, 0.2) is 48.5 Å². The maximum absolute atomic E-state index is 12.1. The highest BCUT2D eigenvalue weighted by Gasteiger charge is 2.31. The van der Waals surface area contributed by atoms with Gasteiger partial charge in [-0.3, -0.25) is 4.79 Å². The molecule has 2 aliphatic rings. The van der Waals surface area contributed by atoms with E-state index in [-0.39, 0.29) is 17.4 Å². The van der Waals surface area contributed by atoms with E-state index in [4.69, 9.17) is 4.74 Å². The molecule has 26 heavy (non-hydrogen) atoms. The van der Waals surface area contributed by atoms with E-state index in [0.717, 1.165) is 48.2 Å². The molecule has 0 bridgehead atoms. The van der Waals surface area contributed by atoms with Crippen LogP contribution in [-0.4, -0.2) is 11.5 Å². The Morgan fingerprint density at radius 3 is 2.73 bits per heavy atom. The number of hydrogen-bond donors (Lipinski definition) is 1. The van der Waals surface area contributed by atoms with Crippen molar-refractivity contribution in [2.24, 2.45) is 5.92 Å². The first-order chi connectivity index (χ1) is 12.5. The summed E-state index contributed by atoms with van der Waals surface area (Å²) in [6, 6.07) is 14.6. The van der Waals surface area contributed by atoms with Gasteiger partial charge in [-0.1, -0.05) is 36.4 Å². The van der Waals surface area contributed by atoms with Crippen LogP contribution < -0.4 is 10.1 Å². The fourth-order valence-electron chi connectivity index (χ4n) is 3.35. The molecule has 0 radical (unpaired) electrons. The largest absolute Gasteiger partial charge is 0.483 e. The lowest BCUT2D eigenvalue weighted by Crippen LogP contribution is -2.32. The van der Waals surface area contributed by atoms with Crippen molar-refractivity contribution in [2.45, 2.75) is 45.1 Å². The van der Waals surface area contributed by atoms with Crippen molar-refractivity contribution in [3.05, 3.63) is 65.2 Å². The van der Waals surface area contributed by atoms with E-state index >= 15 is 0 Å². The van der Waals surface area contributed by atoms with Crippen molar-refractivity contribution < 1.29 is 9.53 Å². The van der Waals surface area contributed by atoms with E-state index in [1.54, 1.807) is 0 Å². The Morgan fingerprint density at radius 2 is 2.00 bits per heavy atom. The van der Waals surface area contributed by atoms with E-state index in [1.807, 2.05) is 25.1 Å². The summed E-state index contributed by atoms with van der Waals surface area (Å²) in [4.78, 5) is 12.1. The van der Waals surface area contributed by atoms with Crippen LogP contribution in [0.2, 0.25) is 0 Å². The van der Waals surface area contributed by atoms with Crippen LogP contribution in [0.1, 0.15) is 42.9 Å². The minimum Gasteiger partial charge on any atom is -0.483 e.